The van der Waals surface area contributed by atoms with E-state index < -0.39 is 29.1 Å². The van der Waals surface area contributed by atoms with Gasteiger partial charge in [-0.2, -0.15) is 0 Å². The summed E-state index contributed by atoms with van der Waals surface area (Å²) in [5.41, 5.74) is -0.422. The topological polar surface area (TPSA) is 117 Å². The van der Waals surface area contributed by atoms with E-state index in [9.17, 15) is 24.1 Å². The summed E-state index contributed by atoms with van der Waals surface area (Å²) in [5, 5.41) is 13.7. The quantitative estimate of drug-likeness (QED) is 0.426. The Kier molecular flexibility index (Phi) is 6.22. The zero-order chi connectivity index (χ0) is 20.8. The van der Waals surface area contributed by atoms with Crippen LogP contribution in [0.15, 0.2) is 36.4 Å². The van der Waals surface area contributed by atoms with E-state index in [1.807, 2.05) is 0 Å². The number of hydrogen-bond acceptors (Lipinski definition) is 7. The molecule has 0 saturated carbocycles. The molecule has 152 valence electrons. The number of benzene rings is 2. The first kappa shape index (κ1) is 20.1. The summed E-state index contributed by atoms with van der Waals surface area (Å²) >= 11 is 0. The molecule has 0 saturated heterocycles. The second-order valence-electron chi connectivity index (χ2n) is 6.04. The van der Waals surface area contributed by atoms with Crippen LogP contribution in [-0.4, -0.2) is 43.2 Å². The number of amides is 1. The molecule has 29 heavy (non-hydrogen) atoms. The van der Waals surface area contributed by atoms with Crippen LogP contribution in [0.25, 0.3) is 0 Å². The Morgan fingerprint density at radius 2 is 1.86 bits per heavy atom. The summed E-state index contributed by atoms with van der Waals surface area (Å²) in [5.74, 6) is -1.69. The van der Waals surface area contributed by atoms with Gasteiger partial charge in [0.05, 0.1) is 11.0 Å². The molecule has 1 N–H and O–H groups in total. The van der Waals surface area contributed by atoms with Crippen LogP contribution in [-0.2, 0) is 16.0 Å². The van der Waals surface area contributed by atoms with Crippen molar-refractivity contribution in [2.24, 2.45) is 0 Å². The Morgan fingerprint density at radius 1 is 1.17 bits per heavy atom. The molecule has 0 aromatic heterocycles. The lowest BCUT2D eigenvalue weighted by atomic mass is 10.1. The summed E-state index contributed by atoms with van der Waals surface area (Å²) in [7, 11) is 0. The lowest BCUT2D eigenvalue weighted by Gasteiger charge is -2.18. The Hall–Kier alpha value is -3.69. The van der Waals surface area contributed by atoms with E-state index in [4.69, 9.17) is 14.2 Å². The van der Waals surface area contributed by atoms with Crippen molar-refractivity contribution in [1.82, 2.24) is 5.32 Å². The maximum atomic E-state index is 13.5. The number of hydrogen-bond donors (Lipinski definition) is 1. The van der Waals surface area contributed by atoms with Crippen LogP contribution in [0.4, 0.5) is 10.1 Å². The van der Waals surface area contributed by atoms with Crippen LogP contribution in [0.2, 0.25) is 0 Å². The highest BCUT2D eigenvalue weighted by molar-refractivity contribution is 5.96. The Bertz CT molecular complexity index is 948. The van der Waals surface area contributed by atoms with Gasteiger partial charge >= 0.3 is 5.97 Å². The SMILES string of the molecule is O=C(COC(=O)c1cc2c(cc1[N+](=O)[O-])OCCO2)NCCc1ccccc1F. The van der Waals surface area contributed by atoms with Crippen LogP contribution >= 0.6 is 0 Å². The van der Waals surface area contributed by atoms with Gasteiger partial charge in [0.15, 0.2) is 18.1 Å². The first-order chi connectivity index (χ1) is 14.0. The molecule has 1 heterocycles. The number of nitro groups is 1. The molecule has 10 heteroatoms. The average molecular weight is 404 g/mol. The molecule has 1 aliphatic rings. The zero-order valence-electron chi connectivity index (χ0n) is 15.2. The summed E-state index contributed by atoms with van der Waals surface area (Å²) in [6.07, 6.45) is 0.264. The molecular formula is C19H17FN2O7. The highest BCUT2D eigenvalue weighted by atomic mass is 19.1. The minimum absolute atomic E-state index is 0.140. The fraction of sp³-hybridized carbons (Fsp3) is 0.263. The number of carbonyl (C=O) groups excluding carboxylic acids is 2. The molecule has 1 aliphatic heterocycles. The molecule has 0 unspecified atom stereocenters. The predicted octanol–water partition coefficient (Wildman–Crippen LogP) is 2.02. The van der Waals surface area contributed by atoms with Crippen molar-refractivity contribution in [3.63, 3.8) is 0 Å². The van der Waals surface area contributed by atoms with Crippen molar-refractivity contribution < 1.29 is 33.1 Å². The van der Waals surface area contributed by atoms with E-state index in [2.05, 4.69) is 5.32 Å². The van der Waals surface area contributed by atoms with Gasteiger partial charge in [0.2, 0.25) is 0 Å². The van der Waals surface area contributed by atoms with Crippen LogP contribution in [0.1, 0.15) is 15.9 Å². The standard InChI is InChI=1S/C19H17FN2O7/c20-14-4-2-1-3-12(14)5-6-21-18(23)11-29-19(24)13-9-16-17(28-8-7-27-16)10-15(13)22(25)26/h1-4,9-10H,5-8,11H2,(H,21,23). The lowest BCUT2D eigenvalue weighted by molar-refractivity contribution is -0.385. The fourth-order valence-corrected chi connectivity index (χ4v) is 2.69. The van der Waals surface area contributed by atoms with Crippen molar-refractivity contribution in [3.05, 3.63) is 63.5 Å². The second kappa shape index (κ2) is 9.00. The molecule has 0 spiro atoms. The summed E-state index contributed by atoms with van der Waals surface area (Å²) in [4.78, 5) is 34.6. The molecule has 2 aromatic rings. The molecule has 2 aromatic carbocycles. The molecule has 0 radical (unpaired) electrons. The van der Waals surface area contributed by atoms with Crippen LogP contribution in [0.3, 0.4) is 0 Å². The van der Waals surface area contributed by atoms with Gasteiger partial charge < -0.3 is 19.5 Å². The van der Waals surface area contributed by atoms with Gasteiger partial charge in [-0.15, -0.1) is 0 Å². The first-order valence-electron chi connectivity index (χ1n) is 8.71. The number of fused-ring (bicyclic) bond motifs is 1. The van der Waals surface area contributed by atoms with E-state index in [1.54, 1.807) is 18.2 Å². The van der Waals surface area contributed by atoms with Crippen molar-refractivity contribution in [3.8, 4) is 11.5 Å². The van der Waals surface area contributed by atoms with Gasteiger partial charge in [-0.05, 0) is 18.1 Å². The molecule has 0 atom stereocenters. The predicted molar refractivity (Wildman–Crippen MR) is 97.5 cm³/mol. The molecule has 1 amide bonds. The number of halogens is 1. The molecule has 0 aliphatic carbocycles. The van der Waals surface area contributed by atoms with E-state index in [1.165, 1.54) is 6.07 Å². The third kappa shape index (κ3) is 4.98. The van der Waals surface area contributed by atoms with E-state index >= 15 is 0 Å². The van der Waals surface area contributed by atoms with Crippen LogP contribution in [0, 0.1) is 15.9 Å². The lowest BCUT2D eigenvalue weighted by Crippen LogP contribution is -2.30. The number of rotatable bonds is 7. The molecule has 0 fully saturated rings. The number of esters is 1. The summed E-state index contributed by atoms with van der Waals surface area (Å²) < 4.78 is 29.0. The Labute approximate surface area is 164 Å². The minimum Gasteiger partial charge on any atom is -0.486 e. The van der Waals surface area contributed by atoms with E-state index in [0.717, 1.165) is 12.1 Å². The minimum atomic E-state index is -1.04. The monoisotopic (exact) mass is 404 g/mol. The van der Waals surface area contributed by atoms with Gasteiger partial charge in [-0.1, -0.05) is 18.2 Å². The Morgan fingerprint density at radius 3 is 2.55 bits per heavy atom. The zero-order valence-corrected chi connectivity index (χ0v) is 15.2. The average Bonchev–Trinajstić information content (AvgIpc) is 2.72. The van der Waals surface area contributed by atoms with Crippen molar-refractivity contribution in [2.75, 3.05) is 26.4 Å². The highest BCUT2D eigenvalue weighted by Crippen LogP contribution is 2.36. The maximum absolute atomic E-state index is 13.5. The second-order valence-corrected chi connectivity index (χ2v) is 6.04. The van der Waals surface area contributed by atoms with E-state index in [-0.39, 0.29) is 49.1 Å². The van der Waals surface area contributed by atoms with Crippen molar-refractivity contribution in [2.45, 2.75) is 6.42 Å². The fourth-order valence-electron chi connectivity index (χ4n) is 2.69. The van der Waals surface area contributed by atoms with Crippen molar-refractivity contribution in [1.29, 1.82) is 0 Å². The van der Waals surface area contributed by atoms with Crippen LogP contribution < -0.4 is 14.8 Å². The molecular weight excluding hydrogens is 387 g/mol. The van der Waals surface area contributed by atoms with Crippen LogP contribution in [0.5, 0.6) is 11.5 Å². The number of carbonyl (C=O) groups is 2. The van der Waals surface area contributed by atoms with E-state index in [0.29, 0.717) is 5.56 Å². The van der Waals surface area contributed by atoms with Gasteiger partial charge in [0, 0.05) is 12.6 Å². The van der Waals surface area contributed by atoms with Gasteiger partial charge in [-0.25, -0.2) is 9.18 Å². The largest absolute Gasteiger partial charge is 0.486 e. The summed E-state index contributed by atoms with van der Waals surface area (Å²) in [6.45, 7) is -0.0199. The molecule has 0 bridgehead atoms. The first-order valence-corrected chi connectivity index (χ1v) is 8.71. The highest BCUT2D eigenvalue weighted by Gasteiger charge is 2.27. The number of nitrogens with one attached hydrogen (secondary N) is 1. The normalized spacial score (nSPS) is 12.2. The third-order valence-corrected chi connectivity index (χ3v) is 4.09. The summed E-state index contributed by atoms with van der Waals surface area (Å²) in [6, 6.07) is 8.41. The van der Waals surface area contributed by atoms with Gasteiger partial charge in [0.1, 0.15) is 24.6 Å². The number of nitrogens with zero attached hydrogens (tertiary/aromatic N) is 1. The molecule has 9 nitrogen and oxygen atoms in total. The molecule has 3 rings (SSSR count). The maximum Gasteiger partial charge on any atom is 0.345 e. The Balaban J connectivity index is 1.56. The number of ether oxygens (including phenoxy) is 3. The third-order valence-electron chi connectivity index (χ3n) is 4.09. The van der Waals surface area contributed by atoms with Gasteiger partial charge in [-0.3, -0.25) is 14.9 Å². The van der Waals surface area contributed by atoms with Crippen molar-refractivity contribution >= 4 is 17.6 Å². The smallest absolute Gasteiger partial charge is 0.345 e. The number of nitro benzene ring substituents is 1. The van der Waals surface area contributed by atoms with Gasteiger partial charge in [0.25, 0.3) is 11.6 Å².